The lowest BCUT2D eigenvalue weighted by Crippen LogP contribution is -2.41. The molecule has 3 rings (SSSR count). The molecule has 1 aromatic heterocycles. The van der Waals surface area contributed by atoms with Crippen LogP contribution in [-0.4, -0.2) is 42.6 Å². The Labute approximate surface area is 163 Å². The number of hydrogen-bond donors (Lipinski definition) is 1. The lowest BCUT2D eigenvalue weighted by molar-refractivity contribution is -0.127. The normalized spacial score (nSPS) is 15.2. The molecule has 1 aromatic carbocycles. The number of nitrogens with zero attached hydrogens (tertiary/aromatic N) is 1. The molecule has 5 nitrogen and oxygen atoms in total. The highest BCUT2D eigenvalue weighted by Crippen LogP contribution is 2.21. The van der Waals surface area contributed by atoms with Crippen LogP contribution in [0.4, 0.5) is 0 Å². The van der Waals surface area contributed by atoms with Gasteiger partial charge in [-0.25, -0.2) is 0 Å². The smallest absolute Gasteiger partial charge is 0.252 e. The number of carbonyl (C=O) groups excluding carboxylic acids is 2. The molecule has 0 spiro atoms. The molecule has 2 aromatic rings. The molecule has 6 heteroatoms. The van der Waals surface area contributed by atoms with Crippen LogP contribution in [0.15, 0.2) is 58.1 Å². The standard InChI is InChI=1S/C21H24N2O3S/c1-27-19-7-3-2-6-18(19)21(25)22-15-16-10-12-23(13-11-16)20(24)9-8-17-5-4-14-26-17/h2-9,14,16H,10-13,15H2,1H3,(H,22,25). The minimum Gasteiger partial charge on any atom is -0.465 e. The molecular formula is C21H24N2O3S. The first kappa shape index (κ1) is 19.3. The van der Waals surface area contributed by atoms with Crippen molar-refractivity contribution in [3.8, 4) is 0 Å². The van der Waals surface area contributed by atoms with Crippen molar-refractivity contribution in [2.24, 2.45) is 5.92 Å². The SMILES string of the molecule is CSc1ccccc1C(=O)NCC1CCN(C(=O)C=Cc2ccco2)CC1. The van der Waals surface area contributed by atoms with Crippen LogP contribution in [0, 0.1) is 5.92 Å². The van der Waals surface area contributed by atoms with Crippen molar-refractivity contribution in [1.82, 2.24) is 10.2 Å². The van der Waals surface area contributed by atoms with Gasteiger partial charge in [0.2, 0.25) is 5.91 Å². The summed E-state index contributed by atoms with van der Waals surface area (Å²) in [6, 6.07) is 11.2. The largest absolute Gasteiger partial charge is 0.465 e. The van der Waals surface area contributed by atoms with Gasteiger partial charge in [-0.2, -0.15) is 0 Å². The van der Waals surface area contributed by atoms with Crippen LogP contribution in [0.2, 0.25) is 0 Å². The molecule has 0 saturated carbocycles. The third kappa shape index (κ3) is 5.26. The van der Waals surface area contributed by atoms with E-state index in [-0.39, 0.29) is 11.8 Å². The summed E-state index contributed by atoms with van der Waals surface area (Å²) in [5.41, 5.74) is 0.723. The second-order valence-corrected chi connectivity index (χ2v) is 7.38. The second-order valence-electron chi connectivity index (χ2n) is 6.53. The Morgan fingerprint density at radius 1 is 1.22 bits per heavy atom. The molecule has 27 heavy (non-hydrogen) atoms. The van der Waals surface area contributed by atoms with Gasteiger partial charge in [0.1, 0.15) is 5.76 Å². The molecule has 1 aliphatic heterocycles. The van der Waals surface area contributed by atoms with Crippen molar-refractivity contribution in [3.63, 3.8) is 0 Å². The maximum Gasteiger partial charge on any atom is 0.252 e. The first-order chi connectivity index (χ1) is 13.2. The Bertz CT molecular complexity index is 794. The number of furan rings is 1. The summed E-state index contributed by atoms with van der Waals surface area (Å²) >= 11 is 1.57. The lowest BCUT2D eigenvalue weighted by Gasteiger charge is -2.31. The number of thioether (sulfide) groups is 1. The number of nitrogens with one attached hydrogen (secondary N) is 1. The number of carbonyl (C=O) groups is 2. The van der Waals surface area contributed by atoms with E-state index in [1.54, 1.807) is 36.2 Å². The minimum atomic E-state index is -0.0279. The number of rotatable bonds is 6. The summed E-state index contributed by atoms with van der Waals surface area (Å²) in [5.74, 6) is 1.04. The molecule has 1 fully saturated rings. The summed E-state index contributed by atoms with van der Waals surface area (Å²) in [5, 5.41) is 3.05. The molecule has 1 aliphatic rings. The highest BCUT2D eigenvalue weighted by atomic mass is 32.2. The van der Waals surface area contributed by atoms with Crippen LogP contribution < -0.4 is 5.32 Å². The van der Waals surface area contributed by atoms with Crippen LogP contribution in [0.1, 0.15) is 29.0 Å². The van der Waals surface area contributed by atoms with Crippen LogP contribution in [0.3, 0.4) is 0 Å². The van der Waals surface area contributed by atoms with E-state index in [0.717, 1.165) is 23.3 Å². The average Bonchev–Trinajstić information content (AvgIpc) is 3.24. The number of hydrogen-bond acceptors (Lipinski definition) is 4. The average molecular weight is 385 g/mol. The van der Waals surface area contributed by atoms with Crippen LogP contribution in [0.25, 0.3) is 6.08 Å². The van der Waals surface area contributed by atoms with Gasteiger partial charge in [-0.1, -0.05) is 12.1 Å². The molecule has 1 saturated heterocycles. The van der Waals surface area contributed by atoms with Crippen LogP contribution in [0.5, 0.6) is 0 Å². The van der Waals surface area contributed by atoms with Gasteiger partial charge in [-0.15, -0.1) is 11.8 Å². The van der Waals surface area contributed by atoms with E-state index in [0.29, 0.717) is 31.3 Å². The zero-order valence-electron chi connectivity index (χ0n) is 15.4. The Morgan fingerprint density at radius 3 is 2.70 bits per heavy atom. The van der Waals surface area contributed by atoms with Crippen molar-refractivity contribution in [3.05, 3.63) is 60.1 Å². The van der Waals surface area contributed by atoms with E-state index >= 15 is 0 Å². The Morgan fingerprint density at radius 2 is 2.00 bits per heavy atom. The monoisotopic (exact) mass is 384 g/mol. The van der Waals surface area contributed by atoms with Crippen molar-refractivity contribution in [2.75, 3.05) is 25.9 Å². The summed E-state index contributed by atoms with van der Waals surface area (Å²) < 4.78 is 5.20. The van der Waals surface area contributed by atoms with Crippen molar-refractivity contribution >= 4 is 29.7 Å². The third-order valence-electron chi connectivity index (χ3n) is 4.76. The van der Waals surface area contributed by atoms with Gasteiger partial charge in [-0.3, -0.25) is 9.59 Å². The highest BCUT2D eigenvalue weighted by Gasteiger charge is 2.22. The highest BCUT2D eigenvalue weighted by molar-refractivity contribution is 7.98. The fraction of sp³-hybridized carbons (Fsp3) is 0.333. The molecule has 142 valence electrons. The number of piperidine rings is 1. The van der Waals surface area contributed by atoms with Gasteiger partial charge >= 0.3 is 0 Å². The third-order valence-corrected chi connectivity index (χ3v) is 5.56. The maximum absolute atomic E-state index is 12.4. The van der Waals surface area contributed by atoms with Gasteiger partial charge < -0.3 is 14.6 Å². The minimum absolute atomic E-state index is 0.00258. The fourth-order valence-corrected chi connectivity index (χ4v) is 3.76. The first-order valence-electron chi connectivity index (χ1n) is 9.09. The summed E-state index contributed by atoms with van der Waals surface area (Å²) in [7, 11) is 0. The van der Waals surface area contributed by atoms with E-state index in [4.69, 9.17) is 4.42 Å². The quantitative estimate of drug-likeness (QED) is 0.610. The topological polar surface area (TPSA) is 62.6 Å². The molecule has 0 atom stereocenters. The Kier molecular flexibility index (Phi) is 6.76. The van der Waals surface area contributed by atoms with E-state index in [9.17, 15) is 9.59 Å². The predicted molar refractivity (Wildman–Crippen MR) is 108 cm³/mol. The summed E-state index contributed by atoms with van der Waals surface area (Å²) in [6.45, 7) is 2.07. The van der Waals surface area contributed by atoms with Crippen molar-refractivity contribution in [2.45, 2.75) is 17.7 Å². The molecule has 0 bridgehead atoms. The zero-order valence-corrected chi connectivity index (χ0v) is 16.2. The Balaban J connectivity index is 1.44. The molecule has 0 radical (unpaired) electrons. The number of amides is 2. The van der Waals surface area contributed by atoms with Gasteiger partial charge in [-0.05, 0) is 55.4 Å². The van der Waals surface area contributed by atoms with Gasteiger partial charge in [0.25, 0.3) is 5.91 Å². The van der Waals surface area contributed by atoms with Crippen LogP contribution >= 0.6 is 11.8 Å². The second kappa shape index (κ2) is 9.46. The Hall–Kier alpha value is -2.47. The van der Waals surface area contributed by atoms with E-state index in [1.165, 1.54) is 0 Å². The van der Waals surface area contributed by atoms with Crippen LogP contribution in [-0.2, 0) is 4.79 Å². The van der Waals surface area contributed by atoms with E-state index in [2.05, 4.69) is 5.32 Å². The number of likely N-dealkylation sites (tertiary alicyclic amines) is 1. The molecule has 2 amide bonds. The molecular weight excluding hydrogens is 360 g/mol. The summed E-state index contributed by atoms with van der Waals surface area (Å²) in [6.07, 6.45) is 8.59. The van der Waals surface area contributed by atoms with Crippen molar-refractivity contribution in [1.29, 1.82) is 0 Å². The lowest BCUT2D eigenvalue weighted by atomic mass is 9.96. The maximum atomic E-state index is 12.4. The molecule has 2 heterocycles. The summed E-state index contributed by atoms with van der Waals surface area (Å²) in [4.78, 5) is 27.5. The van der Waals surface area contributed by atoms with Crippen molar-refractivity contribution < 1.29 is 14.0 Å². The molecule has 0 unspecified atom stereocenters. The van der Waals surface area contributed by atoms with Gasteiger partial charge in [0.05, 0.1) is 11.8 Å². The first-order valence-corrected chi connectivity index (χ1v) is 10.3. The van der Waals surface area contributed by atoms with Gasteiger partial charge in [0, 0.05) is 30.6 Å². The molecule has 0 aliphatic carbocycles. The van der Waals surface area contributed by atoms with Gasteiger partial charge in [0.15, 0.2) is 0 Å². The zero-order chi connectivity index (χ0) is 19.1. The predicted octanol–water partition coefficient (Wildman–Crippen LogP) is 3.68. The van der Waals surface area contributed by atoms with E-state index < -0.39 is 0 Å². The fourth-order valence-electron chi connectivity index (χ4n) is 3.17. The number of benzene rings is 1. The molecule has 1 N–H and O–H groups in total. The van der Waals surface area contributed by atoms with E-state index in [1.807, 2.05) is 41.5 Å².